The molecule has 0 spiro atoms. The molecule has 1 atom stereocenters. The van der Waals surface area contributed by atoms with Crippen molar-refractivity contribution in [3.05, 3.63) is 63.6 Å². The standard InChI is InChI=1S/C20H22BrNO3/c1-12(2)18(22-19(23)16-7-5-6-8-17(16)21)20(24)25-15-10-9-13(3)14(4)11-15/h5-12,18H,1-4H3,(H,22,23)/t18-/m0/s1. The number of amides is 1. The smallest absolute Gasteiger partial charge is 0.334 e. The Morgan fingerprint density at radius 3 is 2.32 bits per heavy atom. The molecule has 0 bridgehead atoms. The maximum absolute atomic E-state index is 12.6. The second-order valence-electron chi connectivity index (χ2n) is 6.34. The molecule has 2 rings (SSSR count). The molecule has 0 fully saturated rings. The monoisotopic (exact) mass is 403 g/mol. The number of esters is 1. The minimum atomic E-state index is -0.735. The van der Waals surface area contributed by atoms with Gasteiger partial charge < -0.3 is 10.1 Å². The van der Waals surface area contributed by atoms with Gasteiger partial charge in [0.1, 0.15) is 11.8 Å². The molecule has 4 nitrogen and oxygen atoms in total. The van der Waals surface area contributed by atoms with Crippen LogP contribution >= 0.6 is 15.9 Å². The van der Waals surface area contributed by atoms with Crippen LogP contribution in [0, 0.1) is 19.8 Å². The number of hydrogen-bond donors (Lipinski definition) is 1. The van der Waals surface area contributed by atoms with E-state index in [0.717, 1.165) is 11.1 Å². The lowest BCUT2D eigenvalue weighted by atomic mass is 10.0. The van der Waals surface area contributed by atoms with Crippen molar-refractivity contribution in [3.63, 3.8) is 0 Å². The van der Waals surface area contributed by atoms with Crippen molar-refractivity contribution < 1.29 is 14.3 Å². The fourth-order valence-corrected chi connectivity index (χ4v) is 2.78. The SMILES string of the molecule is Cc1ccc(OC(=O)[C@@H](NC(=O)c2ccccc2Br)C(C)C)cc1C. The van der Waals surface area contributed by atoms with E-state index in [1.54, 1.807) is 24.3 Å². The van der Waals surface area contributed by atoms with Crippen LogP contribution in [0.2, 0.25) is 0 Å². The number of nitrogens with one attached hydrogen (secondary N) is 1. The Morgan fingerprint density at radius 2 is 1.72 bits per heavy atom. The van der Waals surface area contributed by atoms with Crippen LogP contribution in [-0.2, 0) is 4.79 Å². The van der Waals surface area contributed by atoms with E-state index >= 15 is 0 Å². The highest BCUT2D eigenvalue weighted by Gasteiger charge is 2.27. The van der Waals surface area contributed by atoms with Gasteiger partial charge in [-0.15, -0.1) is 0 Å². The van der Waals surface area contributed by atoms with E-state index in [9.17, 15) is 9.59 Å². The molecule has 0 aliphatic heterocycles. The van der Waals surface area contributed by atoms with E-state index in [1.165, 1.54) is 0 Å². The summed E-state index contributed by atoms with van der Waals surface area (Å²) < 4.78 is 6.15. The van der Waals surface area contributed by atoms with E-state index in [2.05, 4.69) is 21.2 Å². The summed E-state index contributed by atoms with van der Waals surface area (Å²) in [7, 11) is 0. The Balaban J connectivity index is 2.14. The molecule has 0 unspecified atom stereocenters. The van der Waals surface area contributed by atoms with E-state index < -0.39 is 12.0 Å². The molecule has 1 amide bonds. The number of benzene rings is 2. The maximum atomic E-state index is 12.6. The second-order valence-corrected chi connectivity index (χ2v) is 7.20. The molecule has 2 aromatic carbocycles. The predicted octanol–water partition coefficient (Wildman–Crippen LogP) is 4.43. The van der Waals surface area contributed by atoms with Crippen LogP contribution in [0.3, 0.4) is 0 Å². The first-order valence-electron chi connectivity index (χ1n) is 8.14. The van der Waals surface area contributed by atoms with Gasteiger partial charge in [0, 0.05) is 4.47 Å². The highest BCUT2D eigenvalue weighted by Crippen LogP contribution is 2.19. The molecule has 132 valence electrons. The van der Waals surface area contributed by atoms with Crippen LogP contribution in [0.15, 0.2) is 46.9 Å². The lowest BCUT2D eigenvalue weighted by molar-refractivity contribution is -0.137. The Hall–Kier alpha value is -2.14. The Bertz CT molecular complexity index is 786. The molecule has 5 heteroatoms. The number of rotatable bonds is 5. The zero-order chi connectivity index (χ0) is 18.6. The van der Waals surface area contributed by atoms with Crippen LogP contribution in [0.1, 0.15) is 35.3 Å². The molecule has 0 heterocycles. The first-order valence-corrected chi connectivity index (χ1v) is 8.93. The van der Waals surface area contributed by atoms with E-state index in [0.29, 0.717) is 15.8 Å². The van der Waals surface area contributed by atoms with E-state index in [4.69, 9.17) is 4.74 Å². The van der Waals surface area contributed by atoms with Crippen LogP contribution in [0.5, 0.6) is 5.75 Å². The summed E-state index contributed by atoms with van der Waals surface area (Å²) >= 11 is 3.35. The van der Waals surface area contributed by atoms with Crippen molar-refractivity contribution in [2.75, 3.05) is 0 Å². The molecule has 0 saturated heterocycles. The second kappa shape index (κ2) is 8.30. The molecule has 0 saturated carbocycles. The van der Waals surface area contributed by atoms with Crippen molar-refractivity contribution in [3.8, 4) is 5.75 Å². The molecular formula is C20H22BrNO3. The summed E-state index contributed by atoms with van der Waals surface area (Å²) in [5.74, 6) is -0.416. The average molecular weight is 404 g/mol. The van der Waals surface area contributed by atoms with Crippen LogP contribution in [0.25, 0.3) is 0 Å². The molecule has 0 aliphatic carbocycles. The van der Waals surface area contributed by atoms with E-state index in [-0.39, 0.29) is 11.8 Å². The van der Waals surface area contributed by atoms with Crippen molar-refractivity contribution >= 4 is 27.8 Å². The first kappa shape index (κ1) is 19.2. The third kappa shape index (κ3) is 4.92. The average Bonchev–Trinajstić information content (AvgIpc) is 2.55. The number of halogens is 1. The molecular weight excluding hydrogens is 382 g/mol. The van der Waals surface area contributed by atoms with E-state index in [1.807, 2.05) is 45.9 Å². The van der Waals surface area contributed by atoms with Gasteiger partial charge in [-0.1, -0.05) is 32.0 Å². The fourth-order valence-electron chi connectivity index (χ4n) is 2.32. The summed E-state index contributed by atoms with van der Waals surface area (Å²) in [4.78, 5) is 25.0. The third-order valence-electron chi connectivity index (χ3n) is 4.02. The topological polar surface area (TPSA) is 55.4 Å². The highest BCUT2D eigenvalue weighted by molar-refractivity contribution is 9.10. The number of carbonyl (C=O) groups is 2. The Kier molecular flexibility index (Phi) is 6.37. The summed E-state index contributed by atoms with van der Waals surface area (Å²) in [6, 6.07) is 11.8. The van der Waals surface area contributed by atoms with Crippen LogP contribution in [0.4, 0.5) is 0 Å². The summed E-state index contributed by atoms with van der Waals surface area (Å²) in [6.45, 7) is 7.69. The van der Waals surface area contributed by atoms with Gasteiger partial charge in [0.15, 0.2) is 0 Å². The molecule has 1 N–H and O–H groups in total. The van der Waals surface area contributed by atoms with Gasteiger partial charge in [-0.05, 0) is 71.1 Å². The Labute approximate surface area is 156 Å². The van der Waals surface area contributed by atoms with Crippen LogP contribution < -0.4 is 10.1 Å². The summed E-state index contributed by atoms with van der Waals surface area (Å²) in [6.07, 6.45) is 0. The number of ether oxygens (including phenoxy) is 1. The minimum absolute atomic E-state index is 0.106. The summed E-state index contributed by atoms with van der Waals surface area (Å²) in [5.41, 5.74) is 2.65. The number of aryl methyl sites for hydroxylation is 2. The van der Waals surface area contributed by atoms with Crippen molar-refractivity contribution in [2.45, 2.75) is 33.7 Å². The largest absolute Gasteiger partial charge is 0.425 e. The fraction of sp³-hybridized carbons (Fsp3) is 0.300. The minimum Gasteiger partial charge on any atom is -0.425 e. The normalized spacial score (nSPS) is 11.9. The molecule has 25 heavy (non-hydrogen) atoms. The van der Waals surface area contributed by atoms with Crippen LogP contribution in [-0.4, -0.2) is 17.9 Å². The van der Waals surface area contributed by atoms with Gasteiger partial charge in [0.25, 0.3) is 5.91 Å². The van der Waals surface area contributed by atoms with Gasteiger partial charge in [0.05, 0.1) is 5.56 Å². The van der Waals surface area contributed by atoms with Gasteiger partial charge >= 0.3 is 5.97 Å². The first-order chi connectivity index (χ1) is 11.8. The van der Waals surface area contributed by atoms with Crippen molar-refractivity contribution in [2.24, 2.45) is 5.92 Å². The molecule has 0 radical (unpaired) electrons. The van der Waals surface area contributed by atoms with Crippen molar-refractivity contribution in [1.82, 2.24) is 5.32 Å². The molecule has 0 aromatic heterocycles. The predicted molar refractivity (Wildman–Crippen MR) is 102 cm³/mol. The number of hydrogen-bond acceptors (Lipinski definition) is 3. The van der Waals surface area contributed by atoms with Gasteiger partial charge in [-0.2, -0.15) is 0 Å². The number of carbonyl (C=O) groups excluding carboxylic acids is 2. The van der Waals surface area contributed by atoms with Gasteiger partial charge in [0.2, 0.25) is 0 Å². The maximum Gasteiger partial charge on any atom is 0.334 e. The third-order valence-corrected chi connectivity index (χ3v) is 4.71. The lowest BCUT2D eigenvalue weighted by Crippen LogP contribution is -2.46. The zero-order valence-corrected chi connectivity index (χ0v) is 16.4. The molecule has 2 aromatic rings. The highest BCUT2D eigenvalue weighted by atomic mass is 79.9. The quantitative estimate of drug-likeness (QED) is 0.593. The molecule has 0 aliphatic rings. The Morgan fingerprint density at radius 1 is 1.04 bits per heavy atom. The lowest BCUT2D eigenvalue weighted by Gasteiger charge is -2.21. The zero-order valence-electron chi connectivity index (χ0n) is 14.8. The van der Waals surface area contributed by atoms with Crippen molar-refractivity contribution in [1.29, 1.82) is 0 Å². The summed E-state index contributed by atoms with van der Waals surface area (Å²) in [5, 5.41) is 2.78. The van der Waals surface area contributed by atoms with Gasteiger partial charge in [-0.25, -0.2) is 4.79 Å². The van der Waals surface area contributed by atoms with Gasteiger partial charge in [-0.3, -0.25) is 4.79 Å².